The van der Waals surface area contributed by atoms with E-state index in [1.165, 1.54) is 0 Å². The largest absolute Gasteiger partial charge is 0.325 e. The predicted molar refractivity (Wildman–Crippen MR) is 99.9 cm³/mol. The number of benzene rings is 1. The molecule has 1 N–H and O–H groups in total. The lowest BCUT2D eigenvalue weighted by Gasteiger charge is -2.23. The number of rotatable bonds is 5. The molecule has 3 aromatic rings. The molecule has 0 spiro atoms. The first kappa shape index (κ1) is 16.5. The summed E-state index contributed by atoms with van der Waals surface area (Å²) in [6.07, 6.45) is 7.31. The van der Waals surface area contributed by atoms with Gasteiger partial charge in [-0.2, -0.15) is 5.10 Å². The molecule has 1 aromatic carbocycles. The number of hydrogen-bond donors (Lipinski definition) is 1. The number of hydrogen-bond acceptors (Lipinski definition) is 4. The minimum atomic E-state index is -0.120. The molecule has 0 radical (unpaired) electrons. The van der Waals surface area contributed by atoms with Crippen LogP contribution in [0.15, 0.2) is 67.1 Å². The maximum Gasteiger partial charge on any atom is 0.241 e. The van der Waals surface area contributed by atoms with Crippen LogP contribution in [0.5, 0.6) is 0 Å². The second-order valence-electron chi connectivity index (χ2n) is 6.44. The van der Waals surface area contributed by atoms with Gasteiger partial charge in [0, 0.05) is 30.8 Å². The van der Waals surface area contributed by atoms with Crippen molar-refractivity contribution in [1.82, 2.24) is 19.7 Å². The van der Waals surface area contributed by atoms with Crippen molar-refractivity contribution in [2.45, 2.75) is 25.4 Å². The molecule has 3 heterocycles. The number of aromatic nitrogens is 3. The average molecular weight is 347 g/mol. The molecule has 26 heavy (non-hydrogen) atoms. The SMILES string of the molecule is O=C(Nc1cccc(-n2cccn2)c1)C1CCCN1Cc1ccccn1. The predicted octanol–water partition coefficient (Wildman–Crippen LogP) is 2.87. The summed E-state index contributed by atoms with van der Waals surface area (Å²) in [6.45, 7) is 1.62. The van der Waals surface area contributed by atoms with E-state index in [1.54, 1.807) is 17.1 Å². The van der Waals surface area contributed by atoms with Gasteiger partial charge in [-0.25, -0.2) is 4.68 Å². The van der Waals surface area contributed by atoms with Gasteiger partial charge in [-0.15, -0.1) is 0 Å². The Kier molecular flexibility index (Phi) is 4.75. The van der Waals surface area contributed by atoms with Crippen molar-refractivity contribution in [1.29, 1.82) is 0 Å². The number of carbonyl (C=O) groups is 1. The highest BCUT2D eigenvalue weighted by Crippen LogP contribution is 2.22. The highest BCUT2D eigenvalue weighted by atomic mass is 16.2. The summed E-state index contributed by atoms with van der Waals surface area (Å²) in [4.78, 5) is 19.4. The molecule has 6 nitrogen and oxygen atoms in total. The molecule has 0 aliphatic carbocycles. The average Bonchev–Trinajstić information content (AvgIpc) is 3.35. The van der Waals surface area contributed by atoms with Gasteiger partial charge in [0.1, 0.15) is 0 Å². The van der Waals surface area contributed by atoms with Gasteiger partial charge in [0.2, 0.25) is 5.91 Å². The first-order valence-electron chi connectivity index (χ1n) is 8.84. The second kappa shape index (κ2) is 7.49. The van der Waals surface area contributed by atoms with Crippen LogP contribution in [0.25, 0.3) is 5.69 Å². The second-order valence-corrected chi connectivity index (χ2v) is 6.44. The number of carbonyl (C=O) groups excluding carboxylic acids is 1. The molecule has 1 atom stereocenters. The Bertz CT molecular complexity index is 863. The van der Waals surface area contributed by atoms with Crippen LogP contribution in [0.1, 0.15) is 18.5 Å². The number of nitrogens with zero attached hydrogens (tertiary/aromatic N) is 4. The lowest BCUT2D eigenvalue weighted by atomic mass is 10.2. The lowest BCUT2D eigenvalue weighted by molar-refractivity contribution is -0.120. The number of anilines is 1. The van der Waals surface area contributed by atoms with E-state index < -0.39 is 0 Å². The molecule has 1 fully saturated rings. The number of likely N-dealkylation sites (tertiary alicyclic amines) is 1. The molecule has 132 valence electrons. The van der Waals surface area contributed by atoms with Crippen LogP contribution >= 0.6 is 0 Å². The zero-order valence-corrected chi connectivity index (χ0v) is 14.5. The molecule has 2 aromatic heterocycles. The molecule has 0 bridgehead atoms. The summed E-state index contributed by atoms with van der Waals surface area (Å²) in [7, 11) is 0. The van der Waals surface area contributed by atoms with E-state index in [2.05, 4.69) is 20.3 Å². The molecule has 1 unspecified atom stereocenters. The summed E-state index contributed by atoms with van der Waals surface area (Å²) in [6, 6.07) is 15.4. The lowest BCUT2D eigenvalue weighted by Crippen LogP contribution is -2.39. The molecule has 1 saturated heterocycles. The van der Waals surface area contributed by atoms with Crippen molar-refractivity contribution in [2.75, 3.05) is 11.9 Å². The van der Waals surface area contributed by atoms with E-state index in [4.69, 9.17) is 0 Å². The van der Waals surface area contributed by atoms with E-state index in [9.17, 15) is 4.79 Å². The summed E-state index contributed by atoms with van der Waals surface area (Å²) >= 11 is 0. The van der Waals surface area contributed by atoms with Crippen LogP contribution in [0, 0.1) is 0 Å². The van der Waals surface area contributed by atoms with Crippen molar-refractivity contribution < 1.29 is 4.79 Å². The molecule has 1 aliphatic rings. The van der Waals surface area contributed by atoms with Gasteiger partial charge < -0.3 is 5.32 Å². The van der Waals surface area contributed by atoms with Crippen LogP contribution in [-0.4, -0.2) is 38.2 Å². The van der Waals surface area contributed by atoms with Crippen molar-refractivity contribution in [3.63, 3.8) is 0 Å². The van der Waals surface area contributed by atoms with Gasteiger partial charge in [-0.3, -0.25) is 14.7 Å². The third-order valence-corrected chi connectivity index (χ3v) is 4.64. The van der Waals surface area contributed by atoms with Gasteiger partial charge in [-0.1, -0.05) is 12.1 Å². The van der Waals surface area contributed by atoms with E-state index in [-0.39, 0.29) is 11.9 Å². The van der Waals surface area contributed by atoms with Crippen LogP contribution in [0.4, 0.5) is 5.69 Å². The number of pyridine rings is 1. The number of nitrogens with one attached hydrogen (secondary N) is 1. The van der Waals surface area contributed by atoms with Gasteiger partial charge >= 0.3 is 0 Å². The first-order valence-corrected chi connectivity index (χ1v) is 8.84. The first-order chi connectivity index (χ1) is 12.8. The minimum absolute atomic E-state index is 0.0380. The van der Waals surface area contributed by atoms with Crippen molar-refractivity contribution in [3.8, 4) is 5.69 Å². The Morgan fingerprint density at radius 3 is 2.92 bits per heavy atom. The quantitative estimate of drug-likeness (QED) is 0.771. The van der Waals surface area contributed by atoms with Gasteiger partial charge in [-0.05, 0) is 55.8 Å². The zero-order valence-electron chi connectivity index (χ0n) is 14.5. The summed E-state index contributed by atoms with van der Waals surface area (Å²) in [5.74, 6) is 0.0380. The Balaban J connectivity index is 1.45. The number of amides is 1. The Morgan fingerprint density at radius 2 is 2.12 bits per heavy atom. The van der Waals surface area contributed by atoms with Crippen LogP contribution in [0.2, 0.25) is 0 Å². The molecule has 1 aliphatic heterocycles. The maximum atomic E-state index is 12.8. The van der Waals surface area contributed by atoms with Crippen molar-refractivity contribution >= 4 is 11.6 Å². The fourth-order valence-corrected chi connectivity index (χ4v) is 3.39. The molecule has 4 rings (SSSR count). The summed E-state index contributed by atoms with van der Waals surface area (Å²) < 4.78 is 1.78. The summed E-state index contributed by atoms with van der Waals surface area (Å²) in [5, 5.41) is 7.29. The highest BCUT2D eigenvalue weighted by Gasteiger charge is 2.30. The maximum absolute atomic E-state index is 12.8. The minimum Gasteiger partial charge on any atom is -0.325 e. The normalized spacial score (nSPS) is 17.3. The van der Waals surface area contributed by atoms with Crippen molar-refractivity contribution in [3.05, 3.63) is 72.8 Å². The van der Waals surface area contributed by atoms with Crippen LogP contribution < -0.4 is 5.32 Å². The molecular formula is C20H21N5O. The Labute approximate surface area is 152 Å². The van der Waals surface area contributed by atoms with E-state index in [1.807, 2.05) is 54.7 Å². The smallest absolute Gasteiger partial charge is 0.241 e. The third-order valence-electron chi connectivity index (χ3n) is 4.64. The molecule has 6 heteroatoms. The van der Waals surface area contributed by atoms with Crippen molar-refractivity contribution in [2.24, 2.45) is 0 Å². The molecular weight excluding hydrogens is 326 g/mol. The Hall–Kier alpha value is -2.99. The van der Waals surface area contributed by atoms with Gasteiger partial charge in [0.05, 0.1) is 17.4 Å². The molecule has 1 amide bonds. The Morgan fingerprint density at radius 1 is 1.15 bits per heavy atom. The van der Waals surface area contributed by atoms with E-state index >= 15 is 0 Å². The fraction of sp³-hybridized carbons (Fsp3) is 0.250. The van der Waals surface area contributed by atoms with E-state index in [0.29, 0.717) is 6.54 Å². The molecule has 0 saturated carbocycles. The third kappa shape index (κ3) is 3.65. The van der Waals surface area contributed by atoms with Gasteiger partial charge in [0.15, 0.2) is 0 Å². The fourth-order valence-electron chi connectivity index (χ4n) is 3.39. The van der Waals surface area contributed by atoms with Gasteiger partial charge in [0.25, 0.3) is 0 Å². The van der Waals surface area contributed by atoms with Crippen LogP contribution in [-0.2, 0) is 11.3 Å². The summed E-state index contributed by atoms with van der Waals surface area (Å²) in [5.41, 5.74) is 2.70. The zero-order chi connectivity index (χ0) is 17.8. The van der Waals surface area contributed by atoms with Crippen LogP contribution in [0.3, 0.4) is 0 Å². The van der Waals surface area contributed by atoms with E-state index in [0.717, 1.165) is 36.5 Å². The standard InChI is InChI=1S/C20H21N5O/c26-20(19-9-4-12-24(19)15-17-6-1-2-10-21-17)23-16-7-3-8-18(14-16)25-13-5-11-22-25/h1-3,5-8,10-11,13-14,19H,4,9,12,15H2,(H,23,26). The highest BCUT2D eigenvalue weighted by molar-refractivity contribution is 5.95. The topological polar surface area (TPSA) is 63.1 Å². The monoisotopic (exact) mass is 347 g/mol.